The van der Waals surface area contributed by atoms with Gasteiger partial charge in [0.15, 0.2) is 11.5 Å². The number of rotatable bonds is 2. The fourth-order valence-corrected chi connectivity index (χ4v) is 3.74. The SMILES string of the molecule is C[C@@H]1COCCN1c1cc(C#CC2CCC(=O)N2)c2cnn(-c3ccn[nH]3)c2n1. The molecule has 2 fully saturated rings. The third-order valence-electron chi connectivity index (χ3n) is 5.28. The number of fused-ring (bicyclic) bond motifs is 1. The lowest BCUT2D eigenvalue weighted by molar-refractivity contribution is -0.119. The lowest BCUT2D eigenvalue weighted by Gasteiger charge is -2.34. The maximum atomic E-state index is 11.5. The highest BCUT2D eigenvalue weighted by molar-refractivity contribution is 5.85. The van der Waals surface area contributed by atoms with Gasteiger partial charge in [0.1, 0.15) is 5.82 Å². The van der Waals surface area contributed by atoms with Gasteiger partial charge in [0, 0.05) is 24.6 Å². The van der Waals surface area contributed by atoms with Crippen molar-refractivity contribution in [3.8, 4) is 17.7 Å². The second-order valence-electron chi connectivity index (χ2n) is 7.31. The number of ether oxygens (including phenoxy) is 1. The summed E-state index contributed by atoms with van der Waals surface area (Å²) in [6.45, 7) is 4.22. The van der Waals surface area contributed by atoms with Crippen LogP contribution in [0.2, 0.25) is 0 Å². The summed E-state index contributed by atoms with van der Waals surface area (Å²) in [6, 6.07) is 3.95. The summed E-state index contributed by atoms with van der Waals surface area (Å²) >= 11 is 0. The normalized spacial score (nSPS) is 21.8. The molecule has 0 bridgehead atoms. The van der Waals surface area contributed by atoms with Gasteiger partial charge in [-0.05, 0) is 19.4 Å². The molecule has 5 heterocycles. The number of amides is 1. The number of aromatic amines is 1. The molecule has 5 rings (SSSR count). The number of aromatic nitrogens is 5. The van der Waals surface area contributed by atoms with E-state index >= 15 is 0 Å². The first-order valence-corrected chi connectivity index (χ1v) is 9.73. The smallest absolute Gasteiger partial charge is 0.221 e. The fourth-order valence-electron chi connectivity index (χ4n) is 3.74. The molecule has 3 aromatic heterocycles. The van der Waals surface area contributed by atoms with Crippen LogP contribution in [-0.2, 0) is 9.53 Å². The Balaban J connectivity index is 1.62. The Bertz CT molecular complexity index is 1110. The Kier molecular flexibility index (Phi) is 4.41. The quantitative estimate of drug-likeness (QED) is 0.632. The van der Waals surface area contributed by atoms with E-state index in [0.717, 1.165) is 35.6 Å². The van der Waals surface area contributed by atoms with E-state index in [-0.39, 0.29) is 18.0 Å². The van der Waals surface area contributed by atoms with E-state index in [0.29, 0.717) is 25.3 Å². The van der Waals surface area contributed by atoms with Gasteiger partial charge in [-0.15, -0.1) is 0 Å². The van der Waals surface area contributed by atoms with Crippen LogP contribution in [0.15, 0.2) is 24.5 Å². The zero-order valence-electron chi connectivity index (χ0n) is 16.1. The minimum absolute atomic E-state index is 0.0547. The standard InChI is InChI=1S/C20H21N7O2/c1-13-12-29-9-8-26(13)18-10-14(2-3-15-4-5-19(28)23-15)16-11-22-27(20(16)24-18)17-6-7-21-25-17/h6-7,10-11,13,15H,4-5,8-9,12H2,1H3,(H,21,25)(H,23,28)/t13-,15?/m1/s1. The Labute approximate surface area is 167 Å². The molecule has 2 aliphatic heterocycles. The van der Waals surface area contributed by atoms with E-state index in [4.69, 9.17) is 9.72 Å². The number of hydrogen-bond donors (Lipinski definition) is 2. The molecule has 0 radical (unpaired) electrons. The van der Waals surface area contributed by atoms with Crippen LogP contribution in [0.1, 0.15) is 25.3 Å². The first kappa shape index (κ1) is 17.7. The van der Waals surface area contributed by atoms with Crippen molar-refractivity contribution in [2.45, 2.75) is 31.8 Å². The molecule has 1 amide bonds. The Morgan fingerprint density at radius 3 is 3.07 bits per heavy atom. The van der Waals surface area contributed by atoms with Crippen LogP contribution in [0.5, 0.6) is 0 Å². The largest absolute Gasteiger partial charge is 0.377 e. The molecule has 1 unspecified atom stereocenters. The maximum Gasteiger partial charge on any atom is 0.221 e. The number of anilines is 1. The third kappa shape index (κ3) is 3.32. The van der Waals surface area contributed by atoms with Crippen molar-refractivity contribution in [2.75, 3.05) is 24.7 Å². The van der Waals surface area contributed by atoms with Crippen molar-refractivity contribution in [2.24, 2.45) is 0 Å². The van der Waals surface area contributed by atoms with E-state index in [9.17, 15) is 4.79 Å². The van der Waals surface area contributed by atoms with Crippen LogP contribution in [0, 0.1) is 11.8 Å². The van der Waals surface area contributed by atoms with Crippen molar-refractivity contribution in [3.63, 3.8) is 0 Å². The zero-order valence-corrected chi connectivity index (χ0v) is 16.1. The van der Waals surface area contributed by atoms with Gasteiger partial charge in [-0.1, -0.05) is 11.8 Å². The molecule has 2 N–H and O–H groups in total. The van der Waals surface area contributed by atoms with Gasteiger partial charge < -0.3 is 15.0 Å². The highest BCUT2D eigenvalue weighted by atomic mass is 16.5. The average molecular weight is 391 g/mol. The Morgan fingerprint density at radius 2 is 2.31 bits per heavy atom. The summed E-state index contributed by atoms with van der Waals surface area (Å²) in [5, 5.41) is 15.2. The van der Waals surface area contributed by atoms with E-state index < -0.39 is 0 Å². The molecule has 0 saturated carbocycles. The van der Waals surface area contributed by atoms with Crippen LogP contribution in [-0.4, -0.2) is 62.7 Å². The summed E-state index contributed by atoms with van der Waals surface area (Å²) in [6.07, 6.45) is 4.72. The second kappa shape index (κ2) is 7.22. The molecule has 2 aliphatic rings. The van der Waals surface area contributed by atoms with Crippen molar-refractivity contribution >= 4 is 22.8 Å². The van der Waals surface area contributed by atoms with Crippen LogP contribution in [0.4, 0.5) is 5.82 Å². The summed E-state index contributed by atoms with van der Waals surface area (Å²) in [4.78, 5) is 18.6. The zero-order chi connectivity index (χ0) is 19.8. The summed E-state index contributed by atoms with van der Waals surface area (Å²) in [5.41, 5.74) is 1.56. The average Bonchev–Trinajstić information content (AvgIpc) is 3.47. The highest BCUT2D eigenvalue weighted by Crippen LogP contribution is 2.26. The number of nitrogens with one attached hydrogen (secondary N) is 2. The van der Waals surface area contributed by atoms with Crippen molar-refractivity contribution < 1.29 is 9.53 Å². The molecule has 0 aliphatic carbocycles. The van der Waals surface area contributed by atoms with Gasteiger partial charge in [0.2, 0.25) is 5.91 Å². The van der Waals surface area contributed by atoms with Crippen LogP contribution < -0.4 is 10.2 Å². The molecular formula is C20H21N7O2. The predicted molar refractivity (Wildman–Crippen MR) is 107 cm³/mol. The van der Waals surface area contributed by atoms with Gasteiger partial charge in [-0.3, -0.25) is 9.89 Å². The van der Waals surface area contributed by atoms with E-state index in [2.05, 4.69) is 44.3 Å². The Morgan fingerprint density at radius 1 is 1.38 bits per heavy atom. The number of pyridine rings is 1. The highest BCUT2D eigenvalue weighted by Gasteiger charge is 2.23. The van der Waals surface area contributed by atoms with Gasteiger partial charge >= 0.3 is 0 Å². The fraction of sp³-hybridized carbons (Fsp3) is 0.400. The molecule has 2 saturated heterocycles. The first-order chi connectivity index (χ1) is 14.2. The Hall–Kier alpha value is -3.38. The first-order valence-electron chi connectivity index (χ1n) is 9.73. The minimum Gasteiger partial charge on any atom is -0.377 e. The summed E-state index contributed by atoms with van der Waals surface area (Å²) < 4.78 is 7.31. The second-order valence-corrected chi connectivity index (χ2v) is 7.31. The van der Waals surface area contributed by atoms with Gasteiger partial charge in [-0.25, -0.2) is 4.98 Å². The number of hydrogen-bond acceptors (Lipinski definition) is 6. The molecule has 3 aromatic rings. The number of nitrogens with zero attached hydrogens (tertiary/aromatic N) is 5. The van der Waals surface area contributed by atoms with Crippen molar-refractivity contribution in [1.29, 1.82) is 0 Å². The van der Waals surface area contributed by atoms with Crippen LogP contribution in [0.25, 0.3) is 16.9 Å². The van der Waals surface area contributed by atoms with E-state index in [1.807, 2.05) is 12.1 Å². The topological polar surface area (TPSA) is 101 Å². The van der Waals surface area contributed by atoms with Gasteiger partial charge in [-0.2, -0.15) is 14.9 Å². The number of carbonyl (C=O) groups excluding carboxylic acids is 1. The molecule has 0 spiro atoms. The van der Waals surface area contributed by atoms with Crippen LogP contribution in [0.3, 0.4) is 0 Å². The van der Waals surface area contributed by atoms with E-state index in [1.165, 1.54) is 0 Å². The number of H-pyrrole nitrogens is 1. The molecule has 2 atom stereocenters. The number of morpholine rings is 1. The summed E-state index contributed by atoms with van der Waals surface area (Å²) in [5.74, 6) is 8.09. The minimum atomic E-state index is -0.112. The summed E-state index contributed by atoms with van der Waals surface area (Å²) in [7, 11) is 0. The molecule has 0 aromatic carbocycles. The lowest BCUT2D eigenvalue weighted by Crippen LogP contribution is -2.44. The predicted octanol–water partition coefficient (Wildman–Crippen LogP) is 0.999. The lowest BCUT2D eigenvalue weighted by atomic mass is 10.1. The molecule has 29 heavy (non-hydrogen) atoms. The molecule has 9 nitrogen and oxygen atoms in total. The molecule has 9 heteroatoms. The molecule has 148 valence electrons. The van der Waals surface area contributed by atoms with Crippen molar-refractivity contribution in [1.82, 2.24) is 30.3 Å². The number of carbonyl (C=O) groups is 1. The van der Waals surface area contributed by atoms with Gasteiger partial charge in [0.05, 0.1) is 43.1 Å². The molecular weight excluding hydrogens is 370 g/mol. The van der Waals surface area contributed by atoms with Gasteiger partial charge in [0.25, 0.3) is 0 Å². The van der Waals surface area contributed by atoms with Crippen LogP contribution >= 0.6 is 0 Å². The monoisotopic (exact) mass is 391 g/mol. The van der Waals surface area contributed by atoms with E-state index in [1.54, 1.807) is 17.1 Å². The maximum absolute atomic E-state index is 11.5. The third-order valence-corrected chi connectivity index (χ3v) is 5.28. The van der Waals surface area contributed by atoms with Crippen molar-refractivity contribution in [3.05, 3.63) is 30.1 Å².